The number of carbonyl (C=O) groups is 2. The molecule has 1 atom stereocenters. The van der Waals surface area contributed by atoms with Gasteiger partial charge in [0.2, 0.25) is 0 Å². The average molecular weight is 232 g/mol. The molecule has 0 saturated carbocycles. The van der Waals surface area contributed by atoms with Crippen LogP contribution in [0.5, 0.6) is 0 Å². The molecule has 0 heterocycles. The highest BCUT2D eigenvalue weighted by Crippen LogP contribution is 2.36. The average Bonchev–Trinajstić information content (AvgIpc) is 2.54. The number of Topliss-reactive ketones (excluding diaryl/α,β-unsaturated/α-hetero) is 1. The van der Waals surface area contributed by atoms with E-state index in [0.717, 1.165) is 11.1 Å². The zero-order chi connectivity index (χ0) is 12.6. The van der Waals surface area contributed by atoms with Crippen molar-refractivity contribution in [1.82, 2.24) is 0 Å². The summed E-state index contributed by atoms with van der Waals surface area (Å²) in [5.74, 6) is -0.130. The van der Waals surface area contributed by atoms with Gasteiger partial charge in [-0.15, -0.1) is 0 Å². The van der Waals surface area contributed by atoms with Crippen LogP contribution in [0.4, 0.5) is 0 Å². The fourth-order valence-corrected chi connectivity index (χ4v) is 2.39. The van der Waals surface area contributed by atoms with E-state index in [1.165, 1.54) is 0 Å². The Morgan fingerprint density at radius 3 is 2.82 bits per heavy atom. The molecule has 0 aromatic heterocycles. The lowest BCUT2D eigenvalue weighted by Crippen LogP contribution is -2.12. The SMILES string of the molecule is CCOC(=O)c1c(C)ccc2c1C(=O)CC2C. The Balaban J connectivity index is 2.59. The third-order valence-electron chi connectivity index (χ3n) is 3.23. The molecule has 2 rings (SSSR count). The molecule has 0 amide bonds. The maximum absolute atomic E-state index is 11.9. The summed E-state index contributed by atoms with van der Waals surface area (Å²) in [5.41, 5.74) is 2.82. The summed E-state index contributed by atoms with van der Waals surface area (Å²) >= 11 is 0. The smallest absolute Gasteiger partial charge is 0.339 e. The molecule has 0 spiro atoms. The van der Waals surface area contributed by atoms with E-state index >= 15 is 0 Å². The zero-order valence-electron chi connectivity index (χ0n) is 10.4. The number of ether oxygens (including phenoxy) is 1. The van der Waals surface area contributed by atoms with E-state index in [-0.39, 0.29) is 17.7 Å². The summed E-state index contributed by atoms with van der Waals surface area (Å²) in [5, 5.41) is 0. The monoisotopic (exact) mass is 232 g/mol. The molecule has 0 aliphatic heterocycles. The van der Waals surface area contributed by atoms with Gasteiger partial charge in [0.05, 0.1) is 12.2 Å². The van der Waals surface area contributed by atoms with Crippen molar-refractivity contribution in [2.75, 3.05) is 6.61 Å². The fraction of sp³-hybridized carbons (Fsp3) is 0.429. The molecule has 0 saturated heterocycles. The molecule has 3 heteroatoms. The van der Waals surface area contributed by atoms with Crippen molar-refractivity contribution in [3.8, 4) is 0 Å². The minimum absolute atomic E-state index is 0.0549. The summed E-state index contributed by atoms with van der Waals surface area (Å²) in [6.07, 6.45) is 0.491. The van der Waals surface area contributed by atoms with Gasteiger partial charge in [0.1, 0.15) is 0 Å². The first-order valence-electron chi connectivity index (χ1n) is 5.90. The summed E-state index contributed by atoms with van der Waals surface area (Å²) in [6, 6.07) is 3.84. The number of rotatable bonds is 2. The Morgan fingerprint density at radius 1 is 1.47 bits per heavy atom. The summed E-state index contributed by atoms with van der Waals surface area (Å²) in [4.78, 5) is 23.9. The van der Waals surface area contributed by atoms with E-state index in [9.17, 15) is 9.59 Å². The van der Waals surface area contributed by atoms with E-state index < -0.39 is 0 Å². The van der Waals surface area contributed by atoms with Crippen LogP contribution in [-0.4, -0.2) is 18.4 Å². The predicted molar refractivity (Wildman–Crippen MR) is 64.5 cm³/mol. The van der Waals surface area contributed by atoms with E-state index in [1.807, 2.05) is 26.0 Å². The Kier molecular flexibility index (Phi) is 3.01. The molecule has 90 valence electrons. The number of esters is 1. The van der Waals surface area contributed by atoms with Crippen LogP contribution in [0, 0.1) is 6.92 Å². The van der Waals surface area contributed by atoms with Crippen molar-refractivity contribution in [1.29, 1.82) is 0 Å². The lowest BCUT2D eigenvalue weighted by atomic mass is 9.96. The summed E-state index contributed by atoms with van der Waals surface area (Å²) in [6.45, 7) is 5.93. The molecule has 0 fully saturated rings. The van der Waals surface area contributed by atoms with Gasteiger partial charge in [-0.3, -0.25) is 4.79 Å². The van der Waals surface area contributed by atoms with Gasteiger partial charge in [-0.05, 0) is 30.9 Å². The van der Waals surface area contributed by atoms with Gasteiger partial charge >= 0.3 is 5.97 Å². The number of fused-ring (bicyclic) bond motifs is 1. The summed E-state index contributed by atoms with van der Waals surface area (Å²) in [7, 11) is 0. The van der Waals surface area contributed by atoms with Gasteiger partial charge in [0.15, 0.2) is 5.78 Å². The maximum atomic E-state index is 11.9. The van der Waals surface area contributed by atoms with Gasteiger partial charge in [0, 0.05) is 12.0 Å². The first kappa shape index (κ1) is 11.8. The highest BCUT2D eigenvalue weighted by molar-refractivity contribution is 6.10. The normalized spacial score (nSPS) is 18.1. The Morgan fingerprint density at radius 2 is 2.18 bits per heavy atom. The van der Waals surface area contributed by atoms with E-state index in [2.05, 4.69) is 0 Å². The highest BCUT2D eigenvalue weighted by atomic mass is 16.5. The van der Waals surface area contributed by atoms with Gasteiger partial charge in [0.25, 0.3) is 0 Å². The minimum atomic E-state index is -0.385. The third-order valence-corrected chi connectivity index (χ3v) is 3.23. The van der Waals surface area contributed by atoms with Gasteiger partial charge < -0.3 is 4.74 Å². The van der Waals surface area contributed by atoms with E-state index in [4.69, 9.17) is 4.74 Å². The minimum Gasteiger partial charge on any atom is -0.462 e. The van der Waals surface area contributed by atoms with Crippen molar-refractivity contribution >= 4 is 11.8 Å². The molecule has 1 aromatic carbocycles. The maximum Gasteiger partial charge on any atom is 0.339 e. The molecule has 0 bridgehead atoms. The molecular formula is C14H16O3. The van der Waals surface area contributed by atoms with Gasteiger partial charge in [-0.25, -0.2) is 4.79 Å². The molecule has 1 unspecified atom stereocenters. The number of ketones is 1. The number of hydrogen-bond acceptors (Lipinski definition) is 3. The van der Waals surface area contributed by atoms with Crippen molar-refractivity contribution in [3.05, 3.63) is 34.4 Å². The molecule has 1 aromatic rings. The third kappa shape index (κ3) is 1.86. The summed E-state index contributed by atoms with van der Waals surface area (Å²) < 4.78 is 5.03. The predicted octanol–water partition coefficient (Wildman–Crippen LogP) is 2.86. The van der Waals surface area contributed by atoms with Crippen LogP contribution in [-0.2, 0) is 4.74 Å². The first-order valence-corrected chi connectivity index (χ1v) is 5.90. The van der Waals surface area contributed by atoms with Crippen molar-refractivity contribution in [2.24, 2.45) is 0 Å². The Hall–Kier alpha value is -1.64. The fourth-order valence-electron chi connectivity index (χ4n) is 2.39. The van der Waals surface area contributed by atoms with Crippen molar-refractivity contribution < 1.29 is 14.3 Å². The first-order chi connectivity index (χ1) is 8.06. The molecule has 0 radical (unpaired) electrons. The number of carbonyl (C=O) groups excluding carboxylic acids is 2. The lowest BCUT2D eigenvalue weighted by molar-refractivity contribution is 0.0522. The van der Waals surface area contributed by atoms with Crippen molar-refractivity contribution in [2.45, 2.75) is 33.1 Å². The van der Waals surface area contributed by atoms with Crippen LogP contribution in [0.3, 0.4) is 0 Å². The number of hydrogen-bond donors (Lipinski definition) is 0. The molecule has 3 nitrogen and oxygen atoms in total. The molecule has 1 aliphatic carbocycles. The second-order valence-electron chi connectivity index (χ2n) is 4.47. The second-order valence-corrected chi connectivity index (χ2v) is 4.47. The Labute approximate surface area is 101 Å². The number of benzene rings is 1. The largest absolute Gasteiger partial charge is 0.462 e. The topological polar surface area (TPSA) is 43.4 Å². The highest BCUT2D eigenvalue weighted by Gasteiger charge is 2.32. The van der Waals surface area contributed by atoms with E-state index in [1.54, 1.807) is 6.92 Å². The van der Waals surface area contributed by atoms with Crippen molar-refractivity contribution in [3.63, 3.8) is 0 Å². The van der Waals surface area contributed by atoms with Gasteiger partial charge in [-0.1, -0.05) is 19.1 Å². The van der Waals surface area contributed by atoms with E-state index in [0.29, 0.717) is 24.2 Å². The van der Waals surface area contributed by atoms with Crippen LogP contribution in [0.2, 0.25) is 0 Å². The second kappa shape index (κ2) is 4.32. The van der Waals surface area contributed by atoms with Gasteiger partial charge in [-0.2, -0.15) is 0 Å². The molecule has 1 aliphatic rings. The lowest BCUT2D eigenvalue weighted by Gasteiger charge is -2.11. The zero-order valence-corrected chi connectivity index (χ0v) is 10.4. The molecular weight excluding hydrogens is 216 g/mol. The quantitative estimate of drug-likeness (QED) is 0.736. The number of aryl methyl sites for hydroxylation is 1. The van der Waals surface area contributed by atoms with Crippen LogP contribution in [0.25, 0.3) is 0 Å². The van der Waals surface area contributed by atoms with Crippen LogP contribution in [0.1, 0.15) is 58.0 Å². The molecule has 17 heavy (non-hydrogen) atoms. The van der Waals surface area contributed by atoms with Crippen LogP contribution in [0.15, 0.2) is 12.1 Å². The van der Waals surface area contributed by atoms with Crippen LogP contribution < -0.4 is 0 Å². The Bertz CT molecular complexity index is 488. The standard InChI is InChI=1S/C14H16O3/c1-4-17-14(16)12-8(2)5-6-10-9(3)7-11(15)13(10)12/h5-6,9H,4,7H2,1-3H3. The molecule has 0 N–H and O–H groups in total. The van der Waals surface area contributed by atoms with Crippen LogP contribution >= 0.6 is 0 Å².